The Labute approximate surface area is 119 Å². The van der Waals surface area contributed by atoms with E-state index in [9.17, 15) is 4.79 Å². The highest BCUT2D eigenvalue weighted by Crippen LogP contribution is 2.47. The molecule has 1 aliphatic rings. The van der Waals surface area contributed by atoms with Crippen LogP contribution in [0.15, 0.2) is 40.7 Å². The Morgan fingerprint density at radius 1 is 1.35 bits per heavy atom. The lowest BCUT2D eigenvalue weighted by atomic mass is 10.1. The van der Waals surface area contributed by atoms with Gasteiger partial charge in [-0.05, 0) is 31.9 Å². The van der Waals surface area contributed by atoms with Crippen LogP contribution in [0.4, 0.5) is 0 Å². The first-order valence-corrected chi connectivity index (χ1v) is 7.52. The molecule has 2 aromatic rings. The second-order valence-electron chi connectivity index (χ2n) is 5.72. The fourth-order valence-electron chi connectivity index (χ4n) is 2.88. The standard InChI is InChI=1S/C18H21NO/c1-3-4-5-8-13-11-15(13)17-12(2)18(20)14-9-6-7-10-16(14)19-17/h6-10,15H,3-5,11H2,1-2H3,(H,19,20)/b13-8+. The van der Waals surface area contributed by atoms with Crippen molar-refractivity contribution in [2.45, 2.75) is 45.4 Å². The molecule has 0 amide bonds. The molecule has 1 aliphatic carbocycles. The van der Waals surface area contributed by atoms with Crippen LogP contribution in [0.2, 0.25) is 0 Å². The number of fused-ring (bicyclic) bond motifs is 1. The van der Waals surface area contributed by atoms with Crippen molar-refractivity contribution in [1.29, 1.82) is 0 Å². The first-order chi connectivity index (χ1) is 9.72. The molecule has 1 unspecified atom stereocenters. The molecule has 1 fully saturated rings. The fourth-order valence-corrected chi connectivity index (χ4v) is 2.88. The quantitative estimate of drug-likeness (QED) is 0.644. The van der Waals surface area contributed by atoms with Gasteiger partial charge in [0.2, 0.25) is 0 Å². The summed E-state index contributed by atoms with van der Waals surface area (Å²) in [6.45, 7) is 4.16. The minimum atomic E-state index is 0.175. The van der Waals surface area contributed by atoms with Gasteiger partial charge in [-0.1, -0.05) is 43.5 Å². The minimum Gasteiger partial charge on any atom is -0.357 e. The van der Waals surface area contributed by atoms with E-state index in [-0.39, 0.29) is 5.43 Å². The van der Waals surface area contributed by atoms with Crippen molar-refractivity contribution in [3.63, 3.8) is 0 Å². The second kappa shape index (κ2) is 5.28. The number of pyridine rings is 1. The maximum Gasteiger partial charge on any atom is 0.192 e. The molecule has 2 heteroatoms. The summed E-state index contributed by atoms with van der Waals surface area (Å²) in [4.78, 5) is 15.9. The number of allylic oxidation sites excluding steroid dienone is 2. The van der Waals surface area contributed by atoms with Crippen molar-refractivity contribution in [1.82, 2.24) is 4.98 Å². The van der Waals surface area contributed by atoms with Gasteiger partial charge in [-0.25, -0.2) is 0 Å². The van der Waals surface area contributed by atoms with Gasteiger partial charge in [-0.15, -0.1) is 0 Å². The predicted molar refractivity (Wildman–Crippen MR) is 84.3 cm³/mol. The minimum absolute atomic E-state index is 0.175. The molecule has 1 atom stereocenters. The maximum absolute atomic E-state index is 12.4. The van der Waals surface area contributed by atoms with E-state index >= 15 is 0 Å². The van der Waals surface area contributed by atoms with Gasteiger partial charge in [-0.3, -0.25) is 4.79 Å². The number of nitrogens with one attached hydrogen (secondary N) is 1. The maximum atomic E-state index is 12.4. The monoisotopic (exact) mass is 267 g/mol. The molecule has 3 rings (SSSR count). The van der Waals surface area contributed by atoms with Gasteiger partial charge in [0.05, 0.1) is 0 Å². The van der Waals surface area contributed by atoms with Crippen LogP contribution in [-0.2, 0) is 0 Å². The third kappa shape index (κ3) is 2.31. The Morgan fingerprint density at radius 3 is 2.95 bits per heavy atom. The van der Waals surface area contributed by atoms with Crippen LogP contribution < -0.4 is 5.43 Å². The average Bonchev–Trinajstić information content (AvgIpc) is 3.22. The Balaban J connectivity index is 1.96. The number of para-hydroxylation sites is 1. The highest BCUT2D eigenvalue weighted by molar-refractivity contribution is 5.79. The summed E-state index contributed by atoms with van der Waals surface area (Å²) in [6, 6.07) is 7.78. The molecule has 0 radical (unpaired) electrons. The van der Waals surface area contributed by atoms with Gasteiger partial charge in [0.25, 0.3) is 0 Å². The normalized spacial score (nSPS) is 19.7. The SMILES string of the molecule is CCCC/C=C1\CC1c1[nH]c2ccccc2c(=O)c1C. The first-order valence-electron chi connectivity index (χ1n) is 7.52. The smallest absolute Gasteiger partial charge is 0.192 e. The predicted octanol–water partition coefficient (Wildman–Crippen LogP) is 4.44. The number of aromatic amines is 1. The molecule has 1 saturated carbocycles. The summed E-state index contributed by atoms with van der Waals surface area (Å²) in [5.74, 6) is 0.448. The molecule has 1 aromatic carbocycles. The van der Waals surface area contributed by atoms with Crippen LogP contribution in [0, 0.1) is 6.92 Å². The molecule has 1 N–H and O–H groups in total. The van der Waals surface area contributed by atoms with Crippen LogP contribution >= 0.6 is 0 Å². The highest BCUT2D eigenvalue weighted by Gasteiger charge is 2.33. The van der Waals surface area contributed by atoms with Gasteiger partial charge in [-0.2, -0.15) is 0 Å². The second-order valence-corrected chi connectivity index (χ2v) is 5.72. The van der Waals surface area contributed by atoms with Crippen LogP contribution in [0.5, 0.6) is 0 Å². The molecule has 0 aliphatic heterocycles. The molecule has 104 valence electrons. The lowest BCUT2D eigenvalue weighted by Crippen LogP contribution is -2.10. The topological polar surface area (TPSA) is 32.9 Å². The number of H-pyrrole nitrogens is 1. The summed E-state index contributed by atoms with van der Waals surface area (Å²) < 4.78 is 0. The van der Waals surface area contributed by atoms with Crippen molar-refractivity contribution in [2.24, 2.45) is 0 Å². The zero-order valence-electron chi connectivity index (χ0n) is 12.2. The lowest BCUT2D eigenvalue weighted by molar-refractivity contribution is 0.813. The number of hydrogen-bond acceptors (Lipinski definition) is 1. The van der Waals surface area contributed by atoms with Gasteiger partial charge in [0.1, 0.15) is 0 Å². The van der Waals surface area contributed by atoms with Gasteiger partial charge in [0.15, 0.2) is 5.43 Å². The number of aromatic nitrogens is 1. The molecule has 1 heterocycles. The molecular weight excluding hydrogens is 246 g/mol. The Bertz CT molecular complexity index is 724. The summed E-state index contributed by atoms with van der Waals surface area (Å²) in [5, 5.41) is 0.797. The number of rotatable bonds is 4. The molecule has 20 heavy (non-hydrogen) atoms. The van der Waals surface area contributed by atoms with E-state index in [4.69, 9.17) is 0 Å². The molecule has 2 nitrogen and oxygen atoms in total. The van der Waals surface area contributed by atoms with Crippen molar-refractivity contribution in [3.8, 4) is 0 Å². The Hall–Kier alpha value is -1.83. The molecule has 0 spiro atoms. The number of hydrogen-bond donors (Lipinski definition) is 1. The van der Waals surface area contributed by atoms with Crippen LogP contribution in [0.3, 0.4) is 0 Å². The van der Waals surface area contributed by atoms with E-state index in [1.165, 1.54) is 24.8 Å². The van der Waals surface area contributed by atoms with E-state index in [1.54, 1.807) is 0 Å². The lowest BCUT2D eigenvalue weighted by Gasteiger charge is -2.06. The van der Waals surface area contributed by atoms with Crippen LogP contribution in [0.25, 0.3) is 10.9 Å². The summed E-state index contributed by atoms with van der Waals surface area (Å²) in [7, 11) is 0. The van der Waals surface area contributed by atoms with E-state index in [0.29, 0.717) is 5.92 Å². The summed E-state index contributed by atoms with van der Waals surface area (Å²) in [6.07, 6.45) is 7.13. The average molecular weight is 267 g/mol. The van der Waals surface area contributed by atoms with Gasteiger partial charge in [0, 0.05) is 28.1 Å². The van der Waals surface area contributed by atoms with E-state index in [1.807, 2.05) is 31.2 Å². The molecular formula is C18H21NO. The first kappa shape index (κ1) is 13.2. The Kier molecular flexibility index (Phi) is 3.47. The number of unbranched alkanes of at least 4 members (excludes halogenated alkanes) is 2. The third-order valence-corrected chi connectivity index (χ3v) is 4.23. The fraction of sp³-hybridized carbons (Fsp3) is 0.389. The van der Waals surface area contributed by atoms with Crippen LogP contribution in [-0.4, -0.2) is 4.98 Å². The third-order valence-electron chi connectivity index (χ3n) is 4.23. The van der Waals surface area contributed by atoms with Crippen molar-refractivity contribution < 1.29 is 0 Å². The zero-order chi connectivity index (χ0) is 14.1. The van der Waals surface area contributed by atoms with Crippen molar-refractivity contribution in [3.05, 3.63) is 57.4 Å². The summed E-state index contributed by atoms with van der Waals surface area (Å²) in [5.41, 5.74) is 4.63. The van der Waals surface area contributed by atoms with Gasteiger partial charge >= 0.3 is 0 Å². The molecule has 0 bridgehead atoms. The van der Waals surface area contributed by atoms with E-state index in [2.05, 4.69) is 18.0 Å². The van der Waals surface area contributed by atoms with Crippen LogP contribution in [0.1, 0.15) is 49.8 Å². The zero-order valence-corrected chi connectivity index (χ0v) is 12.2. The molecule has 1 aromatic heterocycles. The largest absolute Gasteiger partial charge is 0.357 e. The van der Waals surface area contributed by atoms with E-state index < -0.39 is 0 Å². The summed E-state index contributed by atoms with van der Waals surface area (Å²) >= 11 is 0. The Morgan fingerprint density at radius 2 is 2.15 bits per heavy atom. The van der Waals surface area contributed by atoms with Crippen molar-refractivity contribution in [2.75, 3.05) is 0 Å². The van der Waals surface area contributed by atoms with Crippen molar-refractivity contribution >= 4 is 10.9 Å². The van der Waals surface area contributed by atoms with E-state index in [0.717, 1.165) is 28.6 Å². The van der Waals surface area contributed by atoms with Gasteiger partial charge < -0.3 is 4.98 Å². The highest BCUT2D eigenvalue weighted by atomic mass is 16.1. The molecule has 0 saturated heterocycles. The number of benzene rings is 1.